The standard InChI is InChI=1S/C13H11BrN4/c1-2-11-15-6-7-18(11)13-9-4-3-5-10(14)12(9)16-8-17-13/h3-8H,2H2,1H3. The number of aryl methyl sites for hydroxylation is 1. The van der Waals surface area contributed by atoms with Crippen LogP contribution in [0.25, 0.3) is 16.7 Å². The van der Waals surface area contributed by atoms with Gasteiger partial charge in [0.1, 0.15) is 18.0 Å². The zero-order valence-electron chi connectivity index (χ0n) is 9.84. The summed E-state index contributed by atoms with van der Waals surface area (Å²) >= 11 is 3.51. The summed E-state index contributed by atoms with van der Waals surface area (Å²) in [5, 5.41) is 1.01. The topological polar surface area (TPSA) is 43.6 Å². The minimum Gasteiger partial charge on any atom is -0.287 e. The number of para-hydroxylation sites is 1. The lowest BCUT2D eigenvalue weighted by Gasteiger charge is -2.08. The molecule has 5 heteroatoms. The molecular formula is C13H11BrN4. The lowest BCUT2D eigenvalue weighted by Crippen LogP contribution is -2.03. The van der Waals surface area contributed by atoms with Gasteiger partial charge in [0, 0.05) is 28.7 Å². The number of hydrogen-bond donors (Lipinski definition) is 0. The number of rotatable bonds is 2. The fourth-order valence-corrected chi connectivity index (χ4v) is 2.49. The number of fused-ring (bicyclic) bond motifs is 1. The number of benzene rings is 1. The van der Waals surface area contributed by atoms with E-state index < -0.39 is 0 Å². The molecule has 0 fully saturated rings. The predicted molar refractivity (Wildman–Crippen MR) is 73.7 cm³/mol. The SMILES string of the molecule is CCc1nccn1-c1ncnc2c(Br)cccc12. The molecule has 0 saturated heterocycles. The van der Waals surface area contributed by atoms with E-state index in [2.05, 4.69) is 37.8 Å². The smallest absolute Gasteiger partial charge is 0.149 e. The van der Waals surface area contributed by atoms with Gasteiger partial charge in [-0.15, -0.1) is 0 Å². The summed E-state index contributed by atoms with van der Waals surface area (Å²) in [5.74, 6) is 1.87. The highest BCUT2D eigenvalue weighted by Gasteiger charge is 2.10. The molecule has 0 aliphatic carbocycles. The van der Waals surface area contributed by atoms with Crippen LogP contribution in [0.4, 0.5) is 0 Å². The van der Waals surface area contributed by atoms with Crippen molar-refractivity contribution in [1.29, 1.82) is 0 Å². The van der Waals surface area contributed by atoms with Gasteiger partial charge in [0.2, 0.25) is 0 Å². The second-order valence-corrected chi connectivity index (χ2v) is 4.75. The van der Waals surface area contributed by atoms with Gasteiger partial charge in [-0.1, -0.05) is 13.0 Å². The van der Waals surface area contributed by atoms with Crippen LogP contribution in [0.15, 0.2) is 41.4 Å². The van der Waals surface area contributed by atoms with Gasteiger partial charge in [-0.2, -0.15) is 0 Å². The van der Waals surface area contributed by atoms with Crippen molar-refractivity contribution in [3.8, 4) is 5.82 Å². The van der Waals surface area contributed by atoms with Gasteiger partial charge in [0.05, 0.1) is 5.52 Å². The van der Waals surface area contributed by atoms with Crippen molar-refractivity contribution in [2.24, 2.45) is 0 Å². The van der Waals surface area contributed by atoms with Crippen molar-refractivity contribution in [2.45, 2.75) is 13.3 Å². The molecule has 0 aliphatic heterocycles. The number of imidazole rings is 1. The van der Waals surface area contributed by atoms with Crippen LogP contribution in [0.3, 0.4) is 0 Å². The first-order valence-corrected chi connectivity index (χ1v) is 6.52. The summed E-state index contributed by atoms with van der Waals surface area (Å²) in [6.07, 6.45) is 6.18. The molecular weight excluding hydrogens is 292 g/mol. The summed E-state index contributed by atoms with van der Waals surface area (Å²) < 4.78 is 2.98. The molecule has 0 spiro atoms. The van der Waals surface area contributed by atoms with Crippen LogP contribution < -0.4 is 0 Å². The van der Waals surface area contributed by atoms with E-state index in [-0.39, 0.29) is 0 Å². The Morgan fingerprint density at radius 2 is 2.11 bits per heavy atom. The quantitative estimate of drug-likeness (QED) is 0.730. The minimum absolute atomic E-state index is 0.868. The third kappa shape index (κ3) is 1.71. The average Bonchev–Trinajstić information content (AvgIpc) is 2.87. The maximum atomic E-state index is 4.39. The van der Waals surface area contributed by atoms with Crippen molar-refractivity contribution in [2.75, 3.05) is 0 Å². The molecule has 0 bridgehead atoms. The number of hydrogen-bond acceptors (Lipinski definition) is 3. The van der Waals surface area contributed by atoms with Crippen molar-refractivity contribution in [3.05, 3.63) is 47.2 Å². The number of aromatic nitrogens is 4. The Bertz CT molecular complexity index is 705. The zero-order valence-corrected chi connectivity index (χ0v) is 11.4. The third-order valence-corrected chi connectivity index (χ3v) is 3.50. The van der Waals surface area contributed by atoms with Gasteiger partial charge in [0.25, 0.3) is 0 Å². The van der Waals surface area contributed by atoms with Gasteiger partial charge in [0.15, 0.2) is 0 Å². The van der Waals surface area contributed by atoms with E-state index in [4.69, 9.17) is 0 Å². The molecule has 0 radical (unpaired) electrons. The molecule has 2 heterocycles. The molecule has 0 unspecified atom stereocenters. The van der Waals surface area contributed by atoms with Gasteiger partial charge in [-0.05, 0) is 28.1 Å². The fraction of sp³-hybridized carbons (Fsp3) is 0.154. The maximum Gasteiger partial charge on any atom is 0.149 e. The average molecular weight is 303 g/mol. The zero-order chi connectivity index (χ0) is 12.5. The molecule has 90 valence electrons. The summed E-state index contributed by atoms with van der Waals surface area (Å²) in [5.41, 5.74) is 0.915. The molecule has 0 amide bonds. The molecule has 1 aromatic carbocycles. The number of halogens is 1. The second-order valence-electron chi connectivity index (χ2n) is 3.90. The predicted octanol–water partition coefficient (Wildman–Crippen LogP) is 3.14. The molecule has 2 aromatic heterocycles. The highest BCUT2D eigenvalue weighted by molar-refractivity contribution is 9.10. The fourth-order valence-electron chi connectivity index (χ4n) is 2.02. The minimum atomic E-state index is 0.868. The third-order valence-electron chi connectivity index (χ3n) is 2.86. The van der Waals surface area contributed by atoms with Crippen molar-refractivity contribution >= 4 is 26.8 Å². The van der Waals surface area contributed by atoms with E-state index in [0.29, 0.717) is 0 Å². The van der Waals surface area contributed by atoms with Crippen LogP contribution in [0.5, 0.6) is 0 Å². The molecule has 0 atom stereocenters. The van der Waals surface area contributed by atoms with E-state index in [0.717, 1.165) is 33.4 Å². The van der Waals surface area contributed by atoms with Crippen LogP contribution in [0.1, 0.15) is 12.7 Å². The highest BCUT2D eigenvalue weighted by atomic mass is 79.9. The summed E-state index contributed by atoms with van der Waals surface area (Å²) in [4.78, 5) is 13.0. The van der Waals surface area contributed by atoms with E-state index in [1.54, 1.807) is 12.5 Å². The van der Waals surface area contributed by atoms with Gasteiger partial charge >= 0.3 is 0 Å². The maximum absolute atomic E-state index is 4.39. The van der Waals surface area contributed by atoms with Gasteiger partial charge < -0.3 is 0 Å². The second kappa shape index (κ2) is 4.49. The van der Waals surface area contributed by atoms with Gasteiger partial charge in [-0.25, -0.2) is 15.0 Å². The normalized spacial score (nSPS) is 11.0. The van der Waals surface area contributed by atoms with Crippen LogP contribution in [0, 0.1) is 0 Å². The highest BCUT2D eigenvalue weighted by Crippen LogP contribution is 2.25. The first-order chi connectivity index (χ1) is 8.81. The lowest BCUT2D eigenvalue weighted by atomic mass is 10.2. The molecule has 0 N–H and O–H groups in total. The van der Waals surface area contributed by atoms with Crippen LogP contribution >= 0.6 is 15.9 Å². The monoisotopic (exact) mass is 302 g/mol. The largest absolute Gasteiger partial charge is 0.287 e. The van der Waals surface area contributed by atoms with E-state index in [1.807, 2.05) is 29.0 Å². The first-order valence-electron chi connectivity index (χ1n) is 5.73. The van der Waals surface area contributed by atoms with Crippen molar-refractivity contribution < 1.29 is 0 Å². The summed E-state index contributed by atoms with van der Waals surface area (Å²) in [7, 11) is 0. The summed E-state index contributed by atoms with van der Waals surface area (Å²) in [6.45, 7) is 2.08. The Morgan fingerprint density at radius 1 is 1.22 bits per heavy atom. The molecule has 18 heavy (non-hydrogen) atoms. The van der Waals surface area contributed by atoms with E-state index in [1.165, 1.54) is 0 Å². The lowest BCUT2D eigenvalue weighted by molar-refractivity contribution is 0.870. The Balaban J connectivity index is 2.33. The summed E-state index contributed by atoms with van der Waals surface area (Å²) in [6, 6.07) is 5.99. The molecule has 3 rings (SSSR count). The van der Waals surface area contributed by atoms with Crippen molar-refractivity contribution in [3.63, 3.8) is 0 Å². The van der Waals surface area contributed by atoms with Crippen molar-refractivity contribution in [1.82, 2.24) is 19.5 Å². The Morgan fingerprint density at radius 3 is 2.94 bits per heavy atom. The van der Waals surface area contributed by atoms with E-state index in [9.17, 15) is 0 Å². The molecule has 0 aliphatic rings. The number of nitrogens with zero attached hydrogens (tertiary/aromatic N) is 4. The van der Waals surface area contributed by atoms with Gasteiger partial charge in [-0.3, -0.25) is 4.57 Å². The molecule has 0 saturated carbocycles. The Labute approximate surface area is 113 Å². The molecule has 4 nitrogen and oxygen atoms in total. The first kappa shape index (κ1) is 11.3. The van der Waals surface area contributed by atoms with Crippen LogP contribution in [-0.4, -0.2) is 19.5 Å². The Hall–Kier alpha value is -1.75. The Kier molecular flexibility index (Phi) is 2.83. The van der Waals surface area contributed by atoms with E-state index >= 15 is 0 Å². The van der Waals surface area contributed by atoms with Crippen LogP contribution in [-0.2, 0) is 6.42 Å². The van der Waals surface area contributed by atoms with Crippen LogP contribution in [0.2, 0.25) is 0 Å². The molecule has 3 aromatic rings.